The average Bonchev–Trinajstić information content (AvgIpc) is 2.40. The van der Waals surface area contributed by atoms with Gasteiger partial charge in [-0.1, -0.05) is 11.8 Å². The van der Waals surface area contributed by atoms with Gasteiger partial charge in [-0.2, -0.15) is 0 Å². The Morgan fingerprint density at radius 3 is 2.38 bits per heavy atom. The Morgan fingerprint density at radius 2 is 1.86 bits per heavy atom. The van der Waals surface area contributed by atoms with Crippen molar-refractivity contribution in [3.8, 4) is 0 Å². The maximum atomic E-state index is 11.4. The smallest absolute Gasteiger partial charge is 0.250 e. The molecule has 8 heteroatoms. The molecule has 0 bridgehead atoms. The molecule has 2 aromatic rings. The highest BCUT2D eigenvalue weighted by atomic mass is 32.2. The number of carbonyl (C=O) groups excluding carboxylic acids is 1. The zero-order valence-corrected chi connectivity index (χ0v) is 12.7. The Balaban J connectivity index is 2.26. The Bertz CT molecular complexity index is 787. The zero-order valence-electron chi connectivity index (χ0n) is 11.1. The first-order valence-corrected chi connectivity index (χ1v) is 8.51. The van der Waals surface area contributed by atoms with Crippen molar-refractivity contribution >= 4 is 33.2 Å². The number of sulfone groups is 1. The third-order valence-corrected chi connectivity index (χ3v) is 4.72. The Hall–Kier alpha value is -2.06. The fraction of sp³-hybridized carbons (Fsp3) is 0.0769. The molecule has 21 heavy (non-hydrogen) atoms. The maximum absolute atomic E-state index is 11.4. The first-order valence-electron chi connectivity index (χ1n) is 5.80. The van der Waals surface area contributed by atoms with Crippen molar-refractivity contribution in [3.05, 3.63) is 42.1 Å². The van der Waals surface area contributed by atoms with E-state index in [9.17, 15) is 13.2 Å². The van der Waals surface area contributed by atoms with Crippen LogP contribution in [0.15, 0.2) is 51.3 Å². The number of carbonyl (C=O) groups is 1. The van der Waals surface area contributed by atoms with Gasteiger partial charge in [-0.3, -0.25) is 4.79 Å². The van der Waals surface area contributed by atoms with Gasteiger partial charge in [0.05, 0.1) is 22.3 Å². The molecule has 6 nitrogen and oxygen atoms in total. The molecule has 0 fully saturated rings. The first-order chi connectivity index (χ1) is 9.77. The van der Waals surface area contributed by atoms with Crippen molar-refractivity contribution in [3.63, 3.8) is 0 Å². The van der Waals surface area contributed by atoms with Gasteiger partial charge in [-0.15, -0.1) is 0 Å². The van der Waals surface area contributed by atoms with E-state index in [1.165, 1.54) is 36.2 Å². The second-order valence-electron chi connectivity index (χ2n) is 4.32. The number of benzene rings is 1. The SMILES string of the molecule is CS(=O)(=O)c1ccc(Sc2cc(C(N)=O)c(N)cn2)cc1. The van der Waals surface area contributed by atoms with Crippen LogP contribution >= 0.6 is 11.8 Å². The lowest BCUT2D eigenvalue weighted by atomic mass is 10.2. The third-order valence-electron chi connectivity index (χ3n) is 2.65. The molecule has 0 saturated carbocycles. The standard InChI is InChI=1S/C13H13N3O3S2/c1-21(18,19)9-4-2-8(3-5-9)20-12-6-10(13(15)17)11(14)7-16-12/h2-7H,14H2,1H3,(H2,15,17). The number of nitrogens with zero attached hydrogens (tertiary/aromatic N) is 1. The van der Waals surface area contributed by atoms with Crippen molar-refractivity contribution in [2.24, 2.45) is 5.73 Å². The van der Waals surface area contributed by atoms with E-state index in [0.29, 0.717) is 5.03 Å². The molecule has 0 aliphatic rings. The van der Waals surface area contributed by atoms with Gasteiger partial charge in [-0.05, 0) is 30.3 Å². The number of rotatable bonds is 4. The Labute approximate surface area is 126 Å². The topological polar surface area (TPSA) is 116 Å². The predicted molar refractivity (Wildman–Crippen MR) is 80.8 cm³/mol. The van der Waals surface area contributed by atoms with Crippen molar-refractivity contribution < 1.29 is 13.2 Å². The monoisotopic (exact) mass is 323 g/mol. The van der Waals surface area contributed by atoms with Gasteiger partial charge in [0.25, 0.3) is 5.91 Å². The van der Waals surface area contributed by atoms with Crippen LogP contribution in [-0.4, -0.2) is 25.6 Å². The molecule has 1 heterocycles. The molecule has 0 unspecified atom stereocenters. The number of hydrogen-bond donors (Lipinski definition) is 2. The Morgan fingerprint density at radius 1 is 1.24 bits per heavy atom. The van der Waals surface area contributed by atoms with Crippen LogP contribution in [0.5, 0.6) is 0 Å². The second-order valence-corrected chi connectivity index (χ2v) is 7.43. The van der Waals surface area contributed by atoms with Gasteiger partial charge < -0.3 is 11.5 Å². The fourth-order valence-corrected chi connectivity index (χ4v) is 3.02. The number of primary amides is 1. The molecule has 0 atom stereocenters. The van der Waals surface area contributed by atoms with Gasteiger partial charge in [0.15, 0.2) is 9.84 Å². The molecule has 0 radical (unpaired) electrons. The van der Waals surface area contributed by atoms with Crippen LogP contribution in [0.4, 0.5) is 5.69 Å². The minimum Gasteiger partial charge on any atom is -0.397 e. The van der Waals surface area contributed by atoms with E-state index >= 15 is 0 Å². The van der Waals surface area contributed by atoms with Crippen LogP contribution < -0.4 is 11.5 Å². The van der Waals surface area contributed by atoms with Crippen LogP contribution in [0.25, 0.3) is 0 Å². The van der Waals surface area contributed by atoms with Crippen molar-refractivity contribution in [1.29, 1.82) is 0 Å². The molecule has 0 aliphatic carbocycles. The summed E-state index contributed by atoms with van der Waals surface area (Å²) in [4.78, 5) is 16.4. The summed E-state index contributed by atoms with van der Waals surface area (Å²) in [6, 6.07) is 7.88. The number of amides is 1. The lowest BCUT2D eigenvalue weighted by molar-refractivity contribution is 0.100. The molecule has 0 spiro atoms. The van der Waals surface area contributed by atoms with Crippen LogP contribution in [-0.2, 0) is 9.84 Å². The highest BCUT2D eigenvalue weighted by Gasteiger charge is 2.10. The maximum Gasteiger partial charge on any atom is 0.250 e. The minimum atomic E-state index is -3.22. The molecule has 2 rings (SSSR count). The van der Waals surface area contributed by atoms with Gasteiger partial charge in [0, 0.05) is 11.2 Å². The largest absolute Gasteiger partial charge is 0.397 e. The van der Waals surface area contributed by atoms with Crippen molar-refractivity contribution in [2.45, 2.75) is 14.8 Å². The molecule has 4 N–H and O–H groups in total. The van der Waals surface area contributed by atoms with Gasteiger partial charge in [0.2, 0.25) is 0 Å². The van der Waals surface area contributed by atoms with Crippen molar-refractivity contribution in [1.82, 2.24) is 4.98 Å². The number of anilines is 1. The summed E-state index contributed by atoms with van der Waals surface area (Å²) in [6.07, 6.45) is 2.52. The van der Waals surface area contributed by atoms with Gasteiger partial charge in [-0.25, -0.2) is 13.4 Å². The number of aromatic nitrogens is 1. The summed E-state index contributed by atoms with van der Waals surface area (Å²) in [5.74, 6) is -0.621. The fourth-order valence-electron chi connectivity index (χ4n) is 1.59. The summed E-state index contributed by atoms with van der Waals surface area (Å²) in [6.45, 7) is 0. The normalized spacial score (nSPS) is 11.3. The molecule has 1 aromatic heterocycles. The number of hydrogen-bond acceptors (Lipinski definition) is 6. The highest BCUT2D eigenvalue weighted by molar-refractivity contribution is 7.99. The summed E-state index contributed by atoms with van der Waals surface area (Å²) < 4.78 is 22.8. The highest BCUT2D eigenvalue weighted by Crippen LogP contribution is 2.28. The van der Waals surface area contributed by atoms with Gasteiger partial charge in [0.1, 0.15) is 5.03 Å². The Kier molecular flexibility index (Phi) is 4.19. The second kappa shape index (κ2) is 5.74. The van der Waals surface area contributed by atoms with E-state index in [0.717, 1.165) is 11.2 Å². The van der Waals surface area contributed by atoms with Crippen LogP contribution in [0.1, 0.15) is 10.4 Å². The third kappa shape index (κ3) is 3.73. The number of nitrogen functional groups attached to an aromatic ring is 1. The van der Waals surface area contributed by atoms with E-state index in [1.807, 2.05) is 0 Å². The van der Waals surface area contributed by atoms with Crippen LogP contribution in [0.3, 0.4) is 0 Å². The number of pyridine rings is 1. The predicted octanol–water partition coefficient (Wildman–Crippen LogP) is 1.32. The summed E-state index contributed by atoms with van der Waals surface area (Å²) in [5, 5.41) is 0.546. The average molecular weight is 323 g/mol. The molecular formula is C13H13N3O3S2. The summed E-state index contributed by atoms with van der Waals surface area (Å²) in [5.41, 5.74) is 11.3. The molecule has 1 aromatic carbocycles. The quantitative estimate of drug-likeness (QED) is 0.876. The van der Waals surface area contributed by atoms with E-state index < -0.39 is 15.7 Å². The van der Waals surface area contributed by atoms with Crippen LogP contribution in [0.2, 0.25) is 0 Å². The molecular weight excluding hydrogens is 310 g/mol. The first kappa shape index (κ1) is 15.3. The van der Waals surface area contributed by atoms with E-state index in [-0.39, 0.29) is 16.1 Å². The molecule has 110 valence electrons. The lowest BCUT2D eigenvalue weighted by Gasteiger charge is -2.05. The molecule has 0 aliphatic heterocycles. The molecule has 1 amide bonds. The van der Waals surface area contributed by atoms with Crippen LogP contribution in [0, 0.1) is 0 Å². The van der Waals surface area contributed by atoms with E-state index in [1.54, 1.807) is 12.1 Å². The van der Waals surface area contributed by atoms with Gasteiger partial charge >= 0.3 is 0 Å². The summed E-state index contributed by atoms with van der Waals surface area (Å²) in [7, 11) is -3.22. The number of nitrogens with two attached hydrogens (primary N) is 2. The lowest BCUT2D eigenvalue weighted by Crippen LogP contribution is -2.13. The van der Waals surface area contributed by atoms with E-state index in [4.69, 9.17) is 11.5 Å². The zero-order chi connectivity index (χ0) is 15.6. The summed E-state index contributed by atoms with van der Waals surface area (Å²) >= 11 is 1.28. The van der Waals surface area contributed by atoms with Crippen molar-refractivity contribution in [2.75, 3.05) is 12.0 Å². The minimum absolute atomic E-state index is 0.209. The molecule has 0 saturated heterocycles. The van der Waals surface area contributed by atoms with E-state index in [2.05, 4.69) is 4.98 Å².